The smallest absolute Gasteiger partial charge is 0.343 e. The fraction of sp³-hybridized carbons (Fsp3) is 0.393. The van der Waals surface area contributed by atoms with Crippen LogP contribution in [-0.2, 0) is 0 Å². The number of nitrogens with zero attached hydrogens (tertiary/aromatic N) is 2. The van der Waals surface area contributed by atoms with Crippen molar-refractivity contribution >= 4 is 51.7 Å². The molecular weight excluding hydrogens is 877 g/mol. The summed E-state index contributed by atoms with van der Waals surface area (Å²) in [5.74, 6) is 1.04. The molecule has 65 heavy (non-hydrogen) atoms. The maximum absolute atomic E-state index is 13.1. The molecule has 0 radical (unpaired) electrons. The predicted octanol–water partition coefficient (Wildman–Crippen LogP) is 16.2. The Kier molecular flexibility index (Phi) is 23.1. The maximum Gasteiger partial charge on any atom is 0.343 e. The summed E-state index contributed by atoms with van der Waals surface area (Å²) in [5.41, 5.74) is 4.00. The molecule has 0 heterocycles. The summed E-state index contributed by atoms with van der Waals surface area (Å²) in [6.45, 7) is 5.96. The third-order valence-corrected chi connectivity index (χ3v) is 11.7. The molecule has 0 saturated heterocycles. The second kappa shape index (κ2) is 29.8. The zero-order valence-electron chi connectivity index (χ0n) is 38.5. The molecule has 0 spiro atoms. The number of ether oxygens (including phenoxy) is 4. The van der Waals surface area contributed by atoms with Crippen LogP contribution in [0.5, 0.6) is 23.0 Å². The van der Waals surface area contributed by atoms with E-state index in [0.717, 1.165) is 60.1 Å². The van der Waals surface area contributed by atoms with Crippen molar-refractivity contribution in [3.8, 4) is 23.0 Å². The molecule has 0 fully saturated rings. The first-order valence-electron chi connectivity index (χ1n) is 23.9. The number of hydrogen-bond acceptors (Lipinski definition) is 8. The quantitative estimate of drug-likeness (QED) is 0.0197. The number of halogens is 1. The molecule has 0 unspecified atom stereocenters. The van der Waals surface area contributed by atoms with Gasteiger partial charge < -0.3 is 18.9 Å². The Morgan fingerprint density at radius 1 is 0.446 bits per heavy atom. The third-order valence-electron chi connectivity index (χ3n) is 11.0. The molecule has 5 rings (SSSR count). The largest absolute Gasteiger partial charge is 0.494 e. The Labute approximate surface area is 396 Å². The fourth-order valence-electron chi connectivity index (χ4n) is 7.12. The lowest BCUT2D eigenvalue weighted by Crippen LogP contribution is -2.10. The molecule has 0 N–H and O–H groups in total. The number of hydrogen-bond donors (Lipinski definition) is 0. The summed E-state index contributed by atoms with van der Waals surface area (Å²) in [6, 6.07) is 34.3. The van der Waals surface area contributed by atoms with Crippen LogP contribution in [-0.4, -0.2) is 37.6 Å². The minimum absolute atomic E-state index is 0.219. The highest BCUT2D eigenvalue weighted by atomic mass is 79.9. The molecular formula is C56H67BrN2O6. The van der Waals surface area contributed by atoms with Crippen LogP contribution in [0.25, 0.3) is 0 Å². The van der Waals surface area contributed by atoms with Gasteiger partial charge in [0.25, 0.3) is 0 Å². The normalized spacial score (nSPS) is 11.3. The van der Waals surface area contributed by atoms with Crippen LogP contribution in [0.1, 0.15) is 161 Å². The second-order valence-electron chi connectivity index (χ2n) is 16.5. The van der Waals surface area contributed by atoms with E-state index in [4.69, 9.17) is 18.9 Å². The number of carbonyl (C=O) groups excluding carboxylic acids is 2. The molecule has 0 bridgehead atoms. The molecule has 5 aromatic carbocycles. The summed E-state index contributed by atoms with van der Waals surface area (Å²) in [7, 11) is 0. The second-order valence-corrected chi connectivity index (χ2v) is 17.3. The predicted molar refractivity (Wildman–Crippen MR) is 270 cm³/mol. The maximum atomic E-state index is 13.1. The van der Waals surface area contributed by atoms with Crippen molar-refractivity contribution in [2.24, 2.45) is 9.98 Å². The van der Waals surface area contributed by atoms with Gasteiger partial charge in [0.1, 0.15) is 23.0 Å². The van der Waals surface area contributed by atoms with E-state index < -0.39 is 11.9 Å². The van der Waals surface area contributed by atoms with Crippen molar-refractivity contribution in [2.45, 2.75) is 129 Å². The van der Waals surface area contributed by atoms with Crippen molar-refractivity contribution in [2.75, 3.05) is 13.2 Å². The lowest BCUT2D eigenvalue weighted by Gasteiger charge is -2.10. The highest BCUT2D eigenvalue weighted by Crippen LogP contribution is 2.31. The van der Waals surface area contributed by atoms with Gasteiger partial charge in [-0.1, -0.05) is 141 Å². The van der Waals surface area contributed by atoms with Crippen LogP contribution in [0.15, 0.2) is 130 Å². The van der Waals surface area contributed by atoms with E-state index in [1.807, 2.05) is 48.5 Å². The molecule has 5 aromatic rings. The summed E-state index contributed by atoms with van der Waals surface area (Å²) in [6.07, 6.45) is 26.7. The number of esters is 2. The number of unbranched alkanes of at least 4 members (excludes halogenated alkanes) is 16. The number of rotatable bonds is 30. The van der Waals surface area contributed by atoms with Crippen LogP contribution in [0.4, 0.5) is 11.4 Å². The molecule has 0 saturated carbocycles. The summed E-state index contributed by atoms with van der Waals surface area (Å²) < 4.78 is 23.7. The van der Waals surface area contributed by atoms with E-state index in [1.165, 1.54) is 109 Å². The van der Waals surface area contributed by atoms with E-state index in [0.29, 0.717) is 15.6 Å². The fourth-order valence-corrected chi connectivity index (χ4v) is 7.45. The van der Waals surface area contributed by atoms with E-state index >= 15 is 0 Å². The van der Waals surface area contributed by atoms with Crippen molar-refractivity contribution in [1.29, 1.82) is 0 Å². The first-order valence-corrected chi connectivity index (χ1v) is 24.7. The molecule has 8 nitrogen and oxygen atoms in total. The molecule has 0 aliphatic rings. The minimum atomic E-state index is -0.554. The van der Waals surface area contributed by atoms with Crippen molar-refractivity contribution < 1.29 is 28.5 Å². The van der Waals surface area contributed by atoms with Crippen LogP contribution in [0.3, 0.4) is 0 Å². The van der Waals surface area contributed by atoms with Gasteiger partial charge in [0.05, 0.1) is 40.2 Å². The average Bonchev–Trinajstić information content (AvgIpc) is 3.33. The lowest BCUT2D eigenvalue weighted by molar-refractivity contribution is 0.0732. The Bertz CT molecular complexity index is 2180. The zero-order chi connectivity index (χ0) is 45.7. The van der Waals surface area contributed by atoms with Gasteiger partial charge in [-0.2, -0.15) is 0 Å². The molecule has 0 atom stereocenters. The van der Waals surface area contributed by atoms with Gasteiger partial charge >= 0.3 is 11.9 Å². The van der Waals surface area contributed by atoms with Gasteiger partial charge in [-0.3, -0.25) is 9.98 Å². The summed E-state index contributed by atoms with van der Waals surface area (Å²) in [5, 5.41) is 0. The summed E-state index contributed by atoms with van der Waals surface area (Å²) >= 11 is 3.44. The molecule has 0 aliphatic carbocycles. The van der Waals surface area contributed by atoms with E-state index in [-0.39, 0.29) is 11.5 Å². The molecule has 0 aromatic heterocycles. The molecule has 344 valence electrons. The van der Waals surface area contributed by atoms with Gasteiger partial charge in [-0.15, -0.1) is 0 Å². The Morgan fingerprint density at radius 3 is 1.23 bits per heavy atom. The van der Waals surface area contributed by atoms with Gasteiger partial charge in [0.2, 0.25) is 0 Å². The van der Waals surface area contributed by atoms with Crippen LogP contribution in [0, 0.1) is 0 Å². The van der Waals surface area contributed by atoms with Gasteiger partial charge in [-0.25, -0.2) is 9.59 Å². The monoisotopic (exact) mass is 942 g/mol. The first kappa shape index (κ1) is 50.5. The lowest BCUT2D eigenvalue weighted by atomic mass is 10.1. The average molecular weight is 944 g/mol. The highest BCUT2D eigenvalue weighted by molar-refractivity contribution is 9.10. The van der Waals surface area contributed by atoms with Gasteiger partial charge in [0, 0.05) is 18.5 Å². The van der Waals surface area contributed by atoms with E-state index in [2.05, 4.69) is 39.8 Å². The number of aliphatic imine (C=N–C) groups is 2. The van der Waals surface area contributed by atoms with Gasteiger partial charge in [-0.05, 0) is 125 Å². The SMILES string of the molecule is CCCCCCCCCCCOc1ccc(N=Cc2ccc(C(=O)Oc3ccc(Br)c(OC(=O)c4ccc(C=Nc5ccc(OCCCCCCCCCCC)cc5)cc4)c3)cc2)cc1. The Hall–Kier alpha value is -5.54. The highest BCUT2D eigenvalue weighted by Gasteiger charge is 2.15. The molecule has 9 heteroatoms. The topological polar surface area (TPSA) is 95.8 Å². The van der Waals surface area contributed by atoms with Crippen molar-refractivity contribution in [3.63, 3.8) is 0 Å². The van der Waals surface area contributed by atoms with Crippen LogP contribution in [0.2, 0.25) is 0 Å². The Morgan fingerprint density at radius 2 is 0.815 bits per heavy atom. The van der Waals surface area contributed by atoms with Crippen LogP contribution >= 0.6 is 15.9 Å². The Balaban J connectivity index is 1.01. The van der Waals surface area contributed by atoms with Crippen LogP contribution < -0.4 is 18.9 Å². The minimum Gasteiger partial charge on any atom is -0.494 e. The third kappa shape index (κ3) is 19.6. The number of carbonyl (C=O) groups is 2. The number of benzene rings is 5. The van der Waals surface area contributed by atoms with Crippen molar-refractivity contribution in [1.82, 2.24) is 0 Å². The molecule has 0 amide bonds. The van der Waals surface area contributed by atoms with Gasteiger partial charge in [0.15, 0.2) is 0 Å². The standard InChI is InChI=1S/C56H67BrN2O6/c1-3-5-7-9-11-13-15-17-19-39-62-50-33-29-48(30-34-50)58-42-44-21-25-46(26-22-44)55(60)64-52-37-38-53(57)54(41-52)65-56(61)47-27-23-45(24-28-47)43-59-49-31-35-51(36-32-49)63-40-20-18-16-14-12-10-8-6-4-2/h21-38,41-43H,3-20,39-40H2,1-2H3. The van der Waals surface area contributed by atoms with E-state index in [9.17, 15) is 9.59 Å². The first-order chi connectivity index (χ1) is 31.9. The molecule has 0 aliphatic heterocycles. The van der Waals surface area contributed by atoms with E-state index in [1.54, 1.807) is 73.1 Å². The zero-order valence-corrected chi connectivity index (χ0v) is 40.1. The van der Waals surface area contributed by atoms with Crippen molar-refractivity contribution in [3.05, 3.63) is 142 Å². The summed E-state index contributed by atoms with van der Waals surface area (Å²) in [4.78, 5) is 35.3.